The fourth-order valence-electron chi connectivity index (χ4n) is 2.75. The van der Waals surface area contributed by atoms with Crippen molar-refractivity contribution in [1.29, 1.82) is 0 Å². The fraction of sp³-hybridized carbons (Fsp3) is 0.389. The van der Waals surface area contributed by atoms with E-state index < -0.39 is 0 Å². The molecule has 24 heavy (non-hydrogen) atoms. The number of carbonyl (C=O) groups is 1. The van der Waals surface area contributed by atoms with Crippen molar-refractivity contribution < 1.29 is 4.79 Å². The third-order valence-corrected chi connectivity index (χ3v) is 4.29. The molecule has 1 amide bonds. The molecule has 3 heterocycles. The largest absolute Gasteiger partial charge is 0.378 e. The zero-order valence-corrected chi connectivity index (χ0v) is 14.0. The Morgan fingerprint density at radius 1 is 1.12 bits per heavy atom. The highest BCUT2D eigenvalue weighted by Crippen LogP contribution is 2.11. The van der Waals surface area contributed by atoms with Crippen LogP contribution in [0.25, 0.3) is 0 Å². The number of hydrogen-bond donors (Lipinski definition) is 1. The van der Waals surface area contributed by atoms with Crippen LogP contribution in [-0.2, 0) is 6.54 Å². The average Bonchev–Trinajstić information content (AvgIpc) is 2.67. The van der Waals surface area contributed by atoms with E-state index >= 15 is 0 Å². The Kier molecular flexibility index (Phi) is 5.38. The molecule has 1 saturated heterocycles. The number of rotatable bonds is 5. The van der Waals surface area contributed by atoms with Gasteiger partial charge in [-0.3, -0.25) is 9.78 Å². The maximum Gasteiger partial charge on any atom is 0.272 e. The van der Waals surface area contributed by atoms with Gasteiger partial charge in [0.2, 0.25) is 0 Å². The molecule has 1 N–H and O–H groups in total. The minimum Gasteiger partial charge on any atom is -0.378 e. The van der Waals surface area contributed by atoms with Crippen molar-refractivity contribution >= 4 is 11.6 Å². The highest BCUT2D eigenvalue weighted by molar-refractivity contribution is 5.92. The Balaban J connectivity index is 1.55. The molecule has 2 aromatic rings. The minimum absolute atomic E-state index is 0.0158. The highest BCUT2D eigenvalue weighted by atomic mass is 16.2. The molecule has 0 atom stereocenters. The lowest BCUT2D eigenvalue weighted by Crippen LogP contribution is -2.48. The lowest BCUT2D eigenvalue weighted by Gasteiger charge is -2.33. The monoisotopic (exact) mass is 325 g/mol. The molecule has 0 aromatic carbocycles. The number of nitrogens with zero attached hydrogens (tertiary/aromatic N) is 4. The van der Waals surface area contributed by atoms with Crippen LogP contribution >= 0.6 is 0 Å². The van der Waals surface area contributed by atoms with Crippen LogP contribution in [0, 0.1) is 0 Å². The van der Waals surface area contributed by atoms with Gasteiger partial charge in [0.25, 0.3) is 5.91 Å². The molecule has 3 rings (SSSR count). The summed E-state index contributed by atoms with van der Waals surface area (Å²) in [4.78, 5) is 25.3. The van der Waals surface area contributed by atoms with Crippen molar-refractivity contribution in [2.45, 2.75) is 13.5 Å². The Morgan fingerprint density at radius 2 is 1.96 bits per heavy atom. The van der Waals surface area contributed by atoms with Gasteiger partial charge in [0, 0.05) is 32.4 Å². The molecule has 2 aromatic heterocycles. The normalized spacial score (nSPS) is 15.3. The van der Waals surface area contributed by atoms with E-state index in [1.165, 1.54) is 0 Å². The van der Waals surface area contributed by atoms with Crippen LogP contribution in [0.2, 0.25) is 0 Å². The van der Waals surface area contributed by atoms with Crippen molar-refractivity contribution in [2.75, 3.05) is 38.0 Å². The van der Waals surface area contributed by atoms with Gasteiger partial charge in [0.1, 0.15) is 5.69 Å². The standard InChI is InChI=1S/C18H23N5O/c1-2-22-9-11-23(12-10-22)18(24)17-7-6-16(14-21-17)20-13-15-5-3-4-8-19-15/h3-8,14,20H,2,9-13H2,1H3. The summed E-state index contributed by atoms with van der Waals surface area (Å²) in [6.45, 7) is 7.24. The molecule has 6 nitrogen and oxygen atoms in total. The smallest absolute Gasteiger partial charge is 0.272 e. The number of aromatic nitrogens is 2. The second-order valence-electron chi connectivity index (χ2n) is 5.83. The van der Waals surface area contributed by atoms with E-state index in [0.717, 1.165) is 44.1 Å². The van der Waals surface area contributed by atoms with Crippen molar-refractivity contribution in [3.63, 3.8) is 0 Å². The number of nitrogens with one attached hydrogen (secondary N) is 1. The van der Waals surface area contributed by atoms with Crippen molar-refractivity contribution in [2.24, 2.45) is 0 Å². The third-order valence-electron chi connectivity index (χ3n) is 4.29. The summed E-state index contributed by atoms with van der Waals surface area (Å²) in [6.07, 6.45) is 3.48. The van der Waals surface area contributed by atoms with Crippen LogP contribution in [0.1, 0.15) is 23.1 Å². The predicted octanol–water partition coefficient (Wildman–Crippen LogP) is 1.87. The summed E-state index contributed by atoms with van der Waals surface area (Å²) in [5.74, 6) is 0.0158. The predicted molar refractivity (Wildman–Crippen MR) is 93.8 cm³/mol. The van der Waals surface area contributed by atoms with Gasteiger partial charge in [-0.2, -0.15) is 0 Å². The van der Waals surface area contributed by atoms with Crippen LogP contribution in [0.15, 0.2) is 42.7 Å². The Labute approximate surface area is 142 Å². The molecule has 0 saturated carbocycles. The summed E-state index contributed by atoms with van der Waals surface area (Å²) >= 11 is 0. The molecule has 1 aliphatic rings. The number of piperazine rings is 1. The van der Waals surface area contributed by atoms with Crippen LogP contribution in [-0.4, -0.2) is 58.4 Å². The molecular formula is C18H23N5O. The lowest BCUT2D eigenvalue weighted by atomic mass is 10.2. The number of carbonyl (C=O) groups excluding carboxylic acids is 1. The van der Waals surface area contributed by atoms with Crippen LogP contribution < -0.4 is 5.32 Å². The Hall–Kier alpha value is -2.47. The summed E-state index contributed by atoms with van der Waals surface area (Å²) in [6, 6.07) is 9.50. The molecular weight excluding hydrogens is 302 g/mol. The molecule has 1 aliphatic heterocycles. The maximum absolute atomic E-state index is 12.5. The van der Waals surface area contributed by atoms with Crippen LogP contribution in [0.4, 0.5) is 5.69 Å². The first-order valence-electron chi connectivity index (χ1n) is 8.37. The van der Waals surface area contributed by atoms with E-state index in [-0.39, 0.29) is 5.91 Å². The molecule has 0 spiro atoms. The number of pyridine rings is 2. The van der Waals surface area contributed by atoms with Gasteiger partial charge in [-0.25, -0.2) is 4.98 Å². The van der Waals surface area contributed by atoms with Crippen LogP contribution in [0.3, 0.4) is 0 Å². The highest BCUT2D eigenvalue weighted by Gasteiger charge is 2.21. The SMILES string of the molecule is CCN1CCN(C(=O)c2ccc(NCc3ccccn3)cn2)CC1. The minimum atomic E-state index is 0.0158. The number of amides is 1. The summed E-state index contributed by atoms with van der Waals surface area (Å²) < 4.78 is 0. The quantitative estimate of drug-likeness (QED) is 0.909. The Morgan fingerprint density at radius 3 is 2.58 bits per heavy atom. The topological polar surface area (TPSA) is 61.4 Å². The Bertz CT molecular complexity index is 651. The first-order chi connectivity index (χ1) is 11.8. The number of likely N-dealkylation sites (N-methyl/N-ethyl adjacent to an activating group) is 1. The second kappa shape index (κ2) is 7.88. The van der Waals surface area contributed by atoms with Gasteiger partial charge >= 0.3 is 0 Å². The number of hydrogen-bond acceptors (Lipinski definition) is 5. The first kappa shape index (κ1) is 16.4. The third kappa shape index (κ3) is 4.08. The van der Waals surface area contributed by atoms with Gasteiger partial charge in [-0.15, -0.1) is 0 Å². The van der Waals surface area contributed by atoms with Crippen molar-refractivity contribution in [3.05, 3.63) is 54.1 Å². The fourth-order valence-corrected chi connectivity index (χ4v) is 2.75. The summed E-state index contributed by atoms with van der Waals surface area (Å²) in [7, 11) is 0. The molecule has 0 aliphatic carbocycles. The van der Waals surface area contributed by atoms with E-state index in [0.29, 0.717) is 12.2 Å². The van der Waals surface area contributed by atoms with E-state index in [9.17, 15) is 4.79 Å². The molecule has 0 bridgehead atoms. The van der Waals surface area contributed by atoms with E-state index in [2.05, 4.69) is 27.1 Å². The van der Waals surface area contributed by atoms with Gasteiger partial charge < -0.3 is 15.1 Å². The molecule has 6 heteroatoms. The second-order valence-corrected chi connectivity index (χ2v) is 5.83. The zero-order chi connectivity index (χ0) is 16.8. The van der Waals surface area contributed by atoms with Gasteiger partial charge in [-0.1, -0.05) is 13.0 Å². The zero-order valence-electron chi connectivity index (χ0n) is 14.0. The summed E-state index contributed by atoms with van der Waals surface area (Å²) in [5.41, 5.74) is 2.35. The summed E-state index contributed by atoms with van der Waals surface area (Å²) in [5, 5.41) is 3.26. The molecule has 0 radical (unpaired) electrons. The molecule has 126 valence electrons. The molecule has 1 fully saturated rings. The molecule has 0 unspecified atom stereocenters. The lowest BCUT2D eigenvalue weighted by molar-refractivity contribution is 0.0637. The number of anilines is 1. The van der Waals surface area contributed by atoms with Gasteiger partial charge in [0.05, 0.1) is 24.1 Å². The maximum atomic E-state index is 12.5. The van der Waals surface area contributed by atoms with Crippen molar-refractivity contribution in [1.82, 2.24) is 19.8 Å². The van der Waals surface area contributed by atoms with Gasteiger partial charge in [-0.05, 0) is 30.8 Å². The van der Waals surface area contributed by atoms with Crippen molar-refractivity contribution in [3.8, 4) is 0 Å². The van der Waals surface area contributed by atoms with E-state index in [4.69, 9.17) is 0 Å². The average molecular weight is 325 g/mol. The van der Waals surface area contributed by atoms with E-state index in [1.54, 1.807) is 18.5 Å². The first-order valence-corrected chi connectivity index (χ1v) is 8.37. The van der Waals surface area contributed by atoms with Gasteiger partial charge in [0.15, 0.2) is 0 Å². The van der Waals surface area contributed by atoms with Crippen LogP contribution in [0.5, 0.6) is 0 Å². The van der Waals surface area contributed by atoms with E-state index in [1.807, 2.05) is 29.2 Å².